The van der Waals surface area contributed by atoms with E-state index < -0.39 is 16.1 Å². The van der Waals surface area contributed by atoms with Gasteiger partial charge in [-0.25, -0.2) is 4.39 Å². The van der Waals surface area contributed by atoms with Gasteiger partial charge in [-0.05, 0) is 36.2 Å². The Morgan fingerprint density at radius 2 is 2.00 bits per heavy atom. The van der Waals surface area contributed by atoms with E-state index in [9.17, 15) is 12.8 Å². The first-order valence-corrected chi connectivity index (χ1v) is 8.64. The first kappa shape index (κ1) is 15.8. The predicted molar refractivity (Wildman–Crippen MR) is 84.0 cm³/mol. The number of nitrogens with one attached hydrogen (secondary N) is 1. The van der Waals surface area contributed by atoms with Gasteiger partial charge in [0.2, 0.25) is 0 Å². The zero-order valence-corrected chi connectivity index (χ0v) is 13.3. The molecule has 0 aromatic heterocycles. The molecule has 122 valence electrons. The molecule has 0 saturated carbocycles. The van der Waals surface area contributed by atoms with Crippen molar-refractivity contribution in [2.24, 2.45) is 0 Å². The van der Waals surface area contributed by atoms with Gasteiger partial charge in [0.25, 0.3) is 0 Å². The maximum absolute atomic E-state index is 13.8. The van der Waals surface area contributed by atoms with E-state index in [1.54, 1.807) is 24.3 Å². The molecule has 0 atom stereocenters. The van der Waals surface area contributed by atoms with Crippen molar-refractivity contribution < 1.29 is 21.7 Å². The third-order valence-corrected chi connectivity index (χ3v) is 4.29. The fraction of sp³-hybridized carbons (Fsp3) is 0.250. The van der Waals surface area contributed by atoms with E-state index in [1.165, 1.54) is 12.1 Å². The predicted octanol–water partition coefficient (Wildman–Crippen LogP) is 3.01. The molecule has 5 nitrogen and oxygen atoms in total. The summed E-state index contributed by atoms with van der Waals surface area (Å²) in [6.45, 7) is 2.63. The van der Waals surface area contributed by atoms with Crippen LogP contribution in [0.2, 0.25) is 0 Å². The summed E-state index contributed by atoms with van der Waals surface area (Å²) in [6, 6.07) is 9.55. The van der Waals surface area contributed by atoms with Gasteiger partial charge in [-0.15, -0.1) is 0 Å². The highest BCUT2D eigenvalue weighted by Gasteiger charge is 2.26. The van der Waals surface area contributed by atoms with Crippen LogP contribution in [0.3, 0.4) is 0 Å². The van der Waals surface area contributed by atoms with E-state index in [4.69, 9.17) is 8.92 Å². The summed E-state index contributed by atoms with van der Waals surface area (Å²) in [5.74, 6) is 0.415. The zero-order valence-electron chi connectivity index (χ0n) is 12.5. The van der Waals surface area contributed by atoms with Crippen LogP contribution in [-0.4, -0.2) is 15.0 Å². The number of rotatable bonds is 4. The topological polar surface area (TPSA) is 64.6 Å². The second-order valence-corrected chi connectivity index (χ2v) is 6.54. The van der Waals surface area contributed by atoms with Crippen LogP contribution in [0.4, 0.5) is 4.39 Å². The smallest absolute Gasteiger partial charge is 0.382 e. The maximum Gasteiger partial charge on any atom is 0.382 e. The Morgan fingerprint density at radius 3 is 2.70 bits per heavy atom. The monoisotopic (exact) mass is 337 g/mol. The van der Waals surface area contributed by atoms with Crippen LogP contribution in [0.25, 0.3) is 11.1 Å². The summed E-state index contributed by atoms with van der Waals surface area (Å²) in [4.78, 5) is 0. The van der Waals surface area contributed by atoms with Crippen LogP contribution < -0.4 is 13.6 Å². The average molecular weight is 337 g/mol. The summed E-state index contributed by atoms with van der Waals surface area (Å²) in [5, 5.41) is 0. The second kappa shape index (κ2) is 6.17. The van der Waals surface area contributed by atoms with Crippen LogP contribution in [0, 0.1) is 5.82 Å². The lowest BCUT2D eigenvalue weighted by Crippen LogP contribution is -2.32. The number of hydrogen-bond donors (Lipinski definition) is 1. The van der Waals surface area contributed by atoms with E-state index in [0.29, 0.717) is 29.0 Å². The molecule has 1 aliphatic rings. The number of fused-ring (bicyclic) bond motifs is 1. The van der Waals surface area contributed by atoms with Crippen LogP contribution in [-0.2, 0) is 16.8 Å². The van der Waals surface area contributed by atoms with Crippen LogP contribution in [0.1, 0.15) is 18.9 Å². The number of benzene rings is 2. The molecule has 0 unspecified atom stereocenters. The molecule has 2 aromatic rings. The fourth-order valence-electron chi connectivity index (χ4n) is 2.35. The molecular weight excluding hydrogens is 321 g/mol. The van der Waals surface area contributed by atoms with Crippen molar-refractivity contribution in [1.82, 2.24) is 4.72 Å². The average Bonchev–Trinajstić information content (AvgIpc) is 2.53. The highest BCUT2D eigenvalue weighted by atomic mass is 32.2. The van der Waals surface area contributed by atoms with Crippen LogP contribution in [0.15, 0.2) is 36.4 Å². The molecule has 0 amide bonds. The summed E-state index contributed by atoms with van der Waals surface area (Å²) in [6.07, 6.45) is 0.901. The molecular formula is C16H16FNO4S. The largest absolute Gasteiger partial charge is 0.494 e. The van der Waals surface area contributed by atoms with Crippen LogP contribution in [0.5, 0.6) is 11.5 Å². The van der Waals surface area contributed by atoms with Crippen molar-refractivity contribution in [3.05, 3.63) is 47.8 Å². The lowest BCUT2D eigenvalue weighted by atomic mass is 10.0. The molecule has 1 N–H and O–H groups in total. The van der Waals surface area contributed by atoms with Crippen molar-refractivity contribution in [2.45, 2.75) is 19.9 Å². The van der Waals surface area contributed by atoms with Crippen molar-refractivity contribution in [1.29, 1.82) is 0 Å². The quantitative estimate of drug-likeness (QED) is 0.931. The first-order chi connectivity index (χ1) is 11.0. The minimum atomic E-state index is -3.86. The van der Waals surface area contributed by atoms with Crippen LogP contribution >= 0.6 is 0 Å². The summed E-state index contributed by atoms with van der Waals surface area (Å²) >= 11 is 0. The first-order valence-electron chi connectivity index (χ1n) is 7.23. The van der Waals surface area contributed by atoms with Gasteiger partial charge in [0.05, 0.1) is 6.61 Å². The molecule has 3 rings (SSSR count). The molecule has 0 spiro atoms. The Balaban J connectivity index is 2.01. The van der Waals surface area contributed by atoms with Gasteiger partial charge < -0.3 is 8.92 Å². The maximum atomic E-state index is 13.8. The minimum absolute atomic E-state index is 0.000120. The van der Waals surface area contributed by atoms with Crippen molar-refractivity contribution in [3.8, 4) is 22.6 Å². The standard InChI is InChI=1S/C16H16FNO4S/c1-2-7-21-14-5-3-11(4-6-14)15-9-13(17)8-12-10-18-23(19,20)22-16(12)15/h3-6,8-9,18H,2,7,10H2,1H3. The highest BCUT2D eigenvalue weighted by Crippen LogP contribution is 2.37. The summed E-state index contributed by atoms with van der Waals surface area (Å²) in [5.41, 5.74) is 1.51. The highest BCUT2D eigenvalue weighted by molar-refractivity contribution is 7.85. The lowest BCUT2D eigenvalue weighted by molar-refractivity contribution is 0.317. The number of halogens is 1. The van der Waals surface area contributed by atoms with Crippen molar-refractivity contribution in [2.75, 3.05) is 6.61 Å². The minimum Gasteiger partial charge on any atom is -0.494 e. The fourth-order valence-corrected chi connectivity index (χ4v) is 3.16. The molecule has 23 heavy (non-hydrogen) atoms. The third-order valence-electron chi connectivity index (χ3n) is 3.40. The third kappa shape index (κ3) is 3.46. The zero-order chi connectivity index (χ0) is 16.4. The van der Waals surface area contributed by atoms with E-state index in [1.807, 2.05) is 6.92 Å². The van der Waals surface area contributed by atoms with E-state index in [0.717, 1.165) is 6.42 Å². The Hall–Kier alpha value is -2.12. The number of hydrogen-bond acceptors (Lipinski definition) is 4. The molecule has 7 heteroatoms. The molecule has 1 heterocycles. The molecule has 0 aliphatic carbocycles. The summed E-state index contributed by atoms with van der Waals surface area (Å²) < 4.78 is 49.8. The molecule has 0 radical (unpaired) electrons. The Labute approximate surface area is 134 Å². The molecule has 0 saturated heterocycles. The Morgan fingerprint density at radius 1 is 1.26 bits per heavy atom. The van der Waals surface area contributed by atoms with Gasteiger partial charge in [0.1, 0.15) is 11.6 Å². The van der Waals surface area contributed by atoms with Gasteiger partial charge in [-0.1, -0.05) is 19.1 Å². The van der Waals surface area contributed by atoms with Gasteiger partial charge >= 0.3 is 10.3 Å². The Kier molecular flexibility index (Phi) is 4.23. The summed E-state index contributed by atoms with van der Waals surface area (Å²) in [7, 11) is -3.86. The van der Waals surface area contributed by atoms with Crippen molar-refractivity contribution >= 4 is 10.3 Å². The lowest BCUT2D eigenvalue weighted by Gasteiger charge is -2.21. The van der Waals surface area contributed by atoms with Gasteiger partial charge in [0, 0.05) is 17.7 Å². The molecule has 1 aliphatic heterocycles. The van der Waals surface area contributed by atoms with E-state index >= 15 is 0 Å². The number of ether oxygens (including phenoxy) is 1. The van der Waals surface area contributed by atoms with Gasteiger partial charge in [-0.2, -0.15) is 13.1 Å². The molecule has 0 bridgehead atoms. The second-order valence-electron chi connectivity index (χ2n) is 5.17. The van der Waals surface area contributed by atoms with Gasteiger partial charge in [0.15, 0.2) is 5.75 Å². The van der Waals surface area contributed by atoms with Crippen molar-refractivity contribution in [3.63, 3.8) is 0 Å². The van der Waals surface area contributed by atoms with E-state index in [-0.39, 0.29) is 12.3 Å². The van der Waals surface area contributed by atoms with Gasteiger partial charge in [-0.3, -0.25) is 0 Å². The molecule has 2 aromatic carbocycles. The SMILES string of the molecule is CCCOc1ccc(-c2cc(F)cc3c2OS(=O)(=O)NC3)cc1. The normalized spacial score (nSPS) is 15.6. The Bertz CT molecular complexity index is 819. The molecule has 0 fully saturated rings. The van der Waals surface area contributed by atoms with E-state index in [2.05, 4.69) is 4.72 Å².